The van der Waals surface area contributed by atoms with E-state index in [1.54, 1.807) is 4.90 Å². The minimum atomic E-state index is -0.562. The molecule has 3 N–H and O–H groups in total. The molecule has 2 rings (SSSR count). The zero-order valence-corrected chi connectivity index (χ0v) is 17.9. The third kappa shape index (κ3) is 7.26. The fourth-order valence-corrected chi connectivity index (χ4v) is 2.95. The van der Waals surface area contributed by atoms with Gasteiger partial charge in [0, 0.05) is 27.2 Å². The van der Waals surface area contributed by atoms with Gasteiger partial charge >= 0.3 is 0 Å². The first-order valence-electron chi connectivity index (χ1n) is 10.2. The molecule has 0 spiro atoms. The third-order valence-electron chi connectivity index (χ3n) is 4.66. The van der Waals surface area contributed by atoms with Crippen LogP contribution in [0.3, 0.4) is 0 Å². The van der Waals surface area contributed by atoms with Crippen LogP contribution in [0.2, 0.25) is 0 Å². The standard InChI is InChI=1S/C18H32N8O4/c1-4-5-6-7-14(12-26(29)13-27)15(28)22-23-16-19-17(24(2)3)21-18(20-16)25-8-10-30-11-9-25/h13-14,29H,4-12H2,1-3H3,(H,22,28)(H,19,20,21,23)/t14-/m1/s1. The molecule has 12 heteroatoms. The van der Waals surface area contributed by atoms with Crippen molar-refractivity contribution in [1.29, 1.82) is 0 Å². The lowest BCUT2D eigenvalue weighted by Gasteiger charge is -2.27. The van der Waals surface area contributed by atoms with Gasteiger partial charge in [0.2, 0.25) is 30.2 Å². The monoisotopic (exact) mass is 424 g/mol. The van der Waals surface area contributed by atoms with Crippen molar-refractivity contribution >= 4 is 30.2 Å². The van der Waals surface area contributed by atoms with Crippen LogP contribution in [-0.4, -0.2) is 84.5 Å². The number of anilines is 3. The van der Waals surface area contributed by atoms with E-state index in [9.17, 15) is 14.8 Å². The molecular formula is C18H32N8O4. The molecule has 1 aromatic heterocycles. The Balaban J connectivity index is 2.07. The van der Waals surface area contributed by atoms with Crippen molar-refractivity contribution in [2.45, 2.75) is 32.6 Å². The van der Waals surface area contributed by atoms with Crippen LogP contribution in [-0.2, 0) is 14.3 Å². The Morgan fingerprint density at radius 2 is 2.00 bits per heavy atom. The van der Waals surface area contributed by atoms with Gasteiger partial charge in [0.05, 0.1) is 25.7 Å². The number of hydroxylamine groups is 2. The van der Waals surface area contributed by atoms with Crippen molar-refractivity contribution in [3.8, 4) is 0 Å². The van der Waals surface area contributed by atoms with Crippen LogP contribution in [0.5, 0.6) is 0 Å². The van der Waals surface area contributed by atoms with Crippen molar-refractivity contribution in [2.75, 3.05) is 62.2 Å². The number of unbranched alkanes of at least 4 members (excludes halogenated alkanes) is 2. The highest BCUT2D eigenvalue weighted by Gasteiger charge is 2.22. The number of carbonyl (C=O) groups excluding carboxylic acids is 2. The summed E-state index contributed by atoms with van der Waals surface area (Å²) in [5.74, 6) is 0.230. The highest BCUT2D eigenvalue weighted by molar-refractivity contribution is 5.80. The maximum atomic E-state index is 12.6. The Hall–Kier alpha value is -2.73. The molecule has 1 aliphatic rings. The van der Waals surface area contributed by atoms with Gasteiger partial charge in [-0.1, -0.05) is 26.2 Å². The summed E-state index contributed by atoms with van der Waals surface area (Å²) in [5.41, 5.74) is 5.34. The molecule has 0 aromatic carbocycles. The van der Waals surface area contributed by atoms with E-state index < -0.39 is 5.92 Å². The topological polar surface area (TPSA) is 136 Å². The van der Waals surface area contributed by atoms with E-state index in [0.29, 0.717) is 49.7 Å². The smallest absolute Gasteiger partial charge is 0.248 e. The van der Waals surface area contributed by atoms with Crippen LogP contribution in [0.4, 0.5) is 17.8 Å². The third-order valence-corrected chi connectivity index (χ3v) is 4.66. The molecule has 1 atom stereocenters. The second-order valence-electron chi connectivity index (χ2n) is 7.29. The van der Waals surface area contributed by atoms with Gasteiger partial charge in [-0.25, -0.2) is 5.06 Å². The number of ether oxygens (including phenoxy) is 1. The summed E-state index contributed by atoms with van der Waals surface area (Å²) in [6.45, 7) is 4.50. The van der Waals surface area contributed by atoms with Crippen LogP contribution in [0, 0.1) is 5.92 Å². The zero-order chi connectivity index (χ0) is 21.9. The number of nitrogens with zero attached hydrogens (tertiary/aromatic N) is 6. The Bertz CT molecular complexity index is 684. The number of morpholine rings is 1. The minimum absolute atomic E-state index is 0.0834. The Morgan fingerprint density at radius 1 is 1.27 bits per heavy atom. The molecule has 1 aromatic rings. The fourth-order valence-electron chi connectivity index (χ4n) is 2.95. The molecule has 2 amide bonds. The SMILES string of the molecule is CCCCC[C@H](CN(O)C=O)C(=O)NNc1nc(N(C)C)nc(N2CCOCC2)n1. The largest absolute Gasteiger partial charge is 0.378 e. The minimum Gasteiger partial charge on any atom is -0.378 e. The van der Waals surface area contributed by atoms with Gasteiger partial charge in [-0.05, 0) is 6.42 Å². The van der Waals surface area contributed by atoms with Crippen LogP contribution in [0.15, 0.2) is 0 Å². The second kappa shape index (κ2) is 12.1. The lowest BCUT2D eigenvalue weighted by molar-refractivity contribution is -0.154. The van der Waals surface area contributed by atoms with Crippen LogP contribution >= 0.6 is 0 Å². The van der Waals surface area contributed by atoms with Gasteiger partial charge in [0.15, 0.2) is 0 Å². The predicted molar refractivity (Wildman–Crippen MR) is 111 cm³/mol. The molecule has 1 fully saturated rings. The molecule has 168 valence electrons. The van der Waals surface area contributed by atoms with Crippen LogP contribution < -0.4 is 20.7 Å². The van der Waals surface area contributed by atoms with Crippen molar-refractivity contribution < 1.29 is 19.5 Å². The highest BCUT2D eigenvalue weighted by atomic mass is 16.5. The number of nitrogens with one attached hydrogen (secondary N) is 2. The van der Waals surface area contributed by atoms with E-state index in [-0.39, 0.29) is 24.8 Å². The van der Waals surface area contributed by atoms with Gasteiger partial charge < -0.3 is 14.5 Å². The van der Waals surface area contributed by atoms with E-state index in [2.05, 4.69) is 32.7 Å². The maximum Gasteiger partial charge on any atom is 0.248 e. The summed E-state index contributed by atoms with van der Waals surface area (Å²) >= 11 is 0. The molecule has 0 radical (unpaired) electrons. The van der Waals surface area contributed by atoms with E-state index in [0.717, 1.165) is 19.3 Å². The molecule has 12 nitrogen and oxygen atoms in total. The summed E-state index contributed by atoms with van der Waals surface area (Å²) in [6, 6.07) is 0. The quantitative estimate of drug-likeness (QED) is 0.185. The number of aromatic nitrogens is 3. The average Bonchev–Trinajstić information content (AvgIpc) is 2.77. The number of hydrazine groups is 1. The number of carbonyl (C=O) groups is 2. The van der Waals surface area contributed by atoms with Crippen molar-refractivity contribution in [3.05, 3.63) is 0 Å². The molecule has 0 unspecified atom stereocenters. The van der Waals surface area contributed by atoms with Gasteiger partial charge in [-0.2, -0.15) is 15.0 Å². The summed E-state index contributed by atoms with van der Waals surface area (Å²) in [4.78, 5) is 40.3. The van der Waals surface area contributed by atoms with Gasteiger partial charge in [-0.15, -0.1) is 0 Å². The Morgan fingerprint density at radius 3 is 2.63 bits per heavy atom. The molecule has 30 heavy (non-hydrogen) atoms. The van der Waals surface area contributed by atoms with Gasteiger partial charge in [0.1, 0.15) is 0 Å². The Kier molecular flexibility index (Phi) is 9.48. The van der Waals surface area contributed by atoms with Crippen molar-refractivity contribution in [2.24, 2.45) is 5.92 Å². The zero-order valence-electron chi connectivity index (χ0n) is 17.9. The normalized spacial score (nSPS) is 14.7. The van der Waals surface area contributed by atoms with Crippen molar-refractivity contribution in [1.82, 2.24) is 25.4 Å². The fraction of sp³-hybridized carbons (Fsp3) is 0.722. The summed E-state index contributed by atoms with van der Waals surface area (Å²) < 4.78 is 5.37. The molecule has 0 aliphatic carbocycles. The first-order chi connectivity index (χ1) is 14.4. The van der Waals surface area contributed by atoms with Crippen LogP contribution in [0.1, 0.15) is 32.6 Å². The molecule has 0 saturated carbocycles. The van der Waals surface area contributed by atoms with Gasteiger partial charge in [0.25, 0.3) is 0 Å². The molecule has 2 heterocycles. The molecule has 1 aliphatic heterocycles. The van der Waals surface area contributed by atoms with E-state index in [1.807, 2.05) is 19.0 Å². The summed E-state index contributed by atoms with van der Waals surface area (Å²) in [5, 5.41) is 9.99. The second-order valence-corrected chi connectivity index (χ2v) is 7.29. The lowest BCUT2D eigenvalue weighted by atomic mass is 10.0. The van der Waals surface area contributed by atoms with E-state index >= 15 is 0 Å². The summed E-state index contributed by atoms with van der Waals surface area (Å²) in [6.07, 6.45) is 3.62. The predicted octanol–water partition coefficient (Wildman–Crippen LogP) is 0.261. The maximum absolute atomic E-state index is 12.6. The molecule has 0 bridgehead atoms. The first kappa shape index (κ1) is 23.5. The molecule has 1 saturated heterocycles. The Labute approximate surface area is 176 Å². The summed E-state index contributed by atoms with van der Waals surface area (Å²) in [7, 11) is 3.64. The number of hydrogen-bond acceptors (Lipinski definition) is 10. The number of amides is 2. The highest BCUT2D eigenvalue weighted by Crippen LogP contribution is 2.16. The van der Waals surface area contributed by atoms with Crippen molar-refractivity contribution in [3.63, 3.8) is 0 Å². The van der Waals surface area contributed by atoms with Gasteiger partial charge in [-0.3, -0.25) is 25.6 Å². The number of rotatable bonds is 12. The molecular weight excluding hydrogens is 392 g/mol. The number of hydrogen-bond donors (Lipinski definition) is 3. The van der Waals surface area contributed by atoms with E-state index in [4.69, 9.17) is 4.74 Å². The lowest BCUT2D eigenvalue weighted by Crippen LogP contribution is -2.41. The van der Waals surface area contributed by atoms with E-state index in [1.165, 1.54) is 0 Å². The van der Waals surface area contributed by atoms with Crippen LogP contribution in [0.25, 0.3) is 0 Å². The average molecular weight is 425 g/mol. The first-order valence-corrected chi connectivity index (χ1v) is 10.2.